The number of amides is 1. The number of nitrogens with zero attached hydrogens (tertiary/aromatic N) is 1. The van der Waals surface area contributed by atoms with Crippen LogP contribution in [0.25, 0.3) is 0 Å². The molecule has 0 unspecified atom stereocenters. The Morgan fingerprint density at radius 2 is 1.62 bits per heavy atom. The number of hydrogen-bond donors (Lipinski definition) is 1. The lowest BCUT2D eigenvalue weighted by atomic mass is 10.0. The predicted molar refractivity (Wildman–Crippen MR) is 129 cm³/mol. The largest absolute Gasteiger partial charge is 0.325 e. The molecule has 1 N–H and O–H groups in total. The van der Waals surface area contributed by atoms with Crippen LogP contribution in [0, 0.1) is 13.8 Å². The van der Waals surface area contributed by atoms with Gasteiger partial charge in [-0.05, 0) is 73.4 Å². The molecule has 6 nitrogen and oxygen atoms in total. The number of aromatic nitrogens is 1. The maximum Gasteiger partial charge on any atom is 0.270 e. The van der Waals surface area contributed by atoms with E-state index < -0.39 is 21.3 Å². The third-order valence-corrected chi connectivity index (χ3v) is 7.66. The highest BCUT2D eigenvalue weighted by Gasteiger charge is 2.26. The van der Waals surface area contributed by atoms with Crippen molar-refractivity contribution in [3.63, 3.8) is 0 Å². The maximum atomic E-state index is 13.2. The third-order valence-electron chi connectivity index (χ3n) is 5.20. The van der Waals surface area contributed by atoms with Crippen molar-refractivity contribution >= 4 is 37.4 Å². The zero-order valence-electron chi connectivity index (χ0n) is 18.3. The molecule has 8 heteroatoms. The highest BCUT2D eigenvalue weighted by atomic mass is 79.9. The van der Waals surface area contributed by atoms with E-state index in [9.17, 15) is 18.0 Å². The van der Waals surface area contributed by atoms with Gasteiger partial charge in [-0.2, -0.15) is 0 Å². The average molecular weight is 517 g/mol. The van der Waals surface area contributed by atoms with Crippen LogP contribution in [-0.2, 0) is 21.2 Å². The lowest BCUT2D eigenvalue weighted by molar-refractivity contribution is -0.116. The number of nitrogens with one attached hydrogen (secondary N) is 1. The molecule has 0 saturated carbocycles. The third kappa shape index (κ3) is 5.02. The lowest BCUT2D eigenvalue weighted by Gasteiger charge is -2.15. The molecule has 0 fully saturated rings. The molecule has 2 aromatic carbocycles. The smallest absolute Gasteiger partial charge is 0.270 e. The first-order valence-electron chi connectivity index (χ1n) is 10.1. The minimum absolute atomic E-state index is 0.0194. The Balaban J connectivity index is 1.93. The summed E-state index contributed by atoms with van der Waals surface area (Å²) in [7, 11) is -4.05. The van der Waals surface area contributed by atoms with Crippen LogP contribution in [0.3, 0.4) is 0 Å². The minimum atomic E-state index is -4.05. The van der Waals surface area contributed by atoms with Gasteiger partial charge in [0.2, 0.25) is 15.7 Å². The van der Waals surface area contributed by atoms with Crippen LogP contribution in [-0.4, -0.2) is 18.9 Å². The van der Waals surface area contributed by atoms with Gasteiger partial charge >= 0.3 is 0 Å². The summed E-state index contributed by atoms with van der Waals surface area (Å²) in [5.41, 5.74) is 1.90. The van der Waals surface area contributed by atoms with Crippen molar-refractivity contribution in [3.05, 3.63) is 86.2 Å². The first kappa shape index (κ1) is 23.9. The number of halogens is 1. The maximum absolute atomic E-state index is 13.2. The van der Waals surface area contributed by atoms with Crippen molar-refractivity contribution in [2.24, 2.45) is 0 Å². The van der Waals surface area contributed by atoms with Gasteiger partial charge in [0.15, 0.2) is 0 Å². The molecule has 0 saturated heterocycles. The van der Waals surface area contributed by atoms with Crippen LogP contribution in [0.5, 0.6) is 0 Å². The summed E-state index contributed by atoms with van der Waals surface area (Å²) < 4.78 is 28.3. The molecule has 0 aliphatic rings. The predicted octanol–water partition coefficient (Wildman–Crippen LogP) is 4.82. The van der Waals surface area contributed by atoms with E-state index >= 15 is 0 Å². The zero-order valence-corrected chi connectivity index (χ0v) is 20.7. The van der Waals surface area contributed by atoms with Crippen LogP contribution in [0.4, 0.5) is 5.69 Å². The van der Waals surface area contributed by atoms with Crippen LogP contribution in [0.15, 0.2) is 73.7 Å². The number of benzene rings is 2. The fourth-order valence-electron chi connectivity index (χ4n) is 3.46. The second-order valence-corrected chi connectivity index (χ2v) is 10.8. The van der Waals surface area contributed by atoms with E-state index in [2.05, 4.69) is 35.1 Å². The molecular weight excluding hydrogens is 492 g/mol. The first-order valence-corrected chi connectivity index (χ1v) is 12.4. The zero-order chi connectivity index (χ0) is 23.6. The molecule has 3 rings (SSSR count). The molecule has 0 atom stereocenters. The molecular formula is C24H25BrN2O4S. The van der Waals surface area contributed by atoms with E-state index in [0.717, 1.165) is 10.0 Å². The lowest BCUT2D eigenvalue weighted by Crippen LogP contribution is -2.33. The van der Waals surface area contributed by atoms with E-state index in [1.807, 2.05) is 12.1 Å². The second kappa shape index (κ2) is 9.42. The fourth-order valence-corrected chi connectivity index (χ4v) is 5.28. The van der Waals surface area contributed by atoms with Gasteiger partial charge in [0.25, 0.3) is 5.56 Å². The molecule has 0 aliphatic heterocycles. The van der Waals surface area contributed by atoms with Crippen molar-refractivity contribution in [1.29, 1.82) is 0 Å². The van der Waals surface area contributed by atoms with Crippen molar-refractivity contribution in [3.8, 4) is 0 Å². The van der Waals surface area contributed by atoms with Crippen LogP contribution >= 0.6 is 15.9 Å². The molecule has 1 aromatic heterocycles. The minimum Gasteiger partial charge on any atom is -0.325 e. The molecule has 1 heterocycles. The Bertz CT molecular complexity index is 1310. The van der Waals surface area contributed by atoms with E-state index in [-0.39, 0.29) is 16.3 Å². The number of sulfone groups is 1. The number of aryl methyl sites for hydroxylation is 2. The number of carbonyl (C=O) groups is 1. The van der Waals surface area contributed by atoms with E-state index in [1.165, 1.54) is 16.7 Å². The normalized spacial score (nSPS) is 11.6. The standard InChI is InChI=1S/C24H25BrN2O4S/c1-15(2)18-5-9-20(10-6-18)26-22(28)14-27-17(4)13-16(3)23(24(27)29)32(30,31)21-11-7-19(25)8-12-21/h5-13,15H,14H2,1-4H3,(H,26,28). The number of anilines is 1. The first-order chi connectivity index (χ1) is 15.0. The Morgan fingerprint density at radius 1 is 1.03 bits per heavy atom. The van der Waals surface area contributed by atoms with E-state index in [0.29, 0.717) is 22.9 Å². The summed E-state index contributed by atoms with van der Waals surface area (Å²) in [6.45, 7) is 7.13. The van der Waals surface area contributed by atoms with Crippen molar-refractivity contribution in [2.75, 3.05) is 5.32 Å². The highest BCUT2D eigenvalue weighted by molar-refractivity contribution is 9.10. The molecule has 0 aliphatic carbocycles. The topological polar surface area (TPSA) is 85.2 Å². The van der Waals surface area contributed by atoms with E-state index in [1.54, 1.807) is 44.2 Å². The summed E-state index contributed by atoms with van der Waals surface area (Å²) in [6, 6.07) is 15.2. The van der Waals surface area contributed by atoms with Gasteiger partial charge < -0.3 is 9.88 Å². The summed E-state index contributed by atoms with van der Waals surface area (Å²) in [4.78, 5) is 25.5. The van der Waals surface area contributed by atoms with Crippen LogP contribution < -0.4 is 10.9 Å². The molecule has 1 amide bonds. The van der Waals surface area contributed by atoms with Crippen LogP contribution in [0.1, 0.15) is 36.6 Å². The van der Waals surface area contributed by atoms with E-state index in [4.69, 9.17) is 0 Å². The number of carbonyl (C=O) groups excluding carboxylic acids is 1. The van der Waals surface area contributed by atoms with Gasteiger partial charge in [-0.3, -0.25) is 9.59 Å². The Labute approximate surface area is 196 Å². The van der Waals surface area contributed by atoms with Gasteiger partial charge in [-0.25, -0.2) is 8.42 Å². The molecule has 3 aromatic rings. The fraction of sp³-hybridized carbons (Fsp3) is 0.250. The number of hydrogen-bond acceptors (Lipinski definition) is 4. The number of pyridine rings is 1. The number of rotatable bonds is 6. The molecule has 0 bridgehead atoms. The second-order valence-electron chi connectivity index (χ2n) is 7.97. The molecule has 0 radical (unpaired) electrons. The quantitative estimate of drug-likeness (QED) is 0.508. The van der Waals surface area contributed by atoms with Crippen molar-refractivity contribution in [2.45, 2.75) is 49.9 Å². The summed E-state index contributed by atoms with van der Waals surface area (Å²) >= 11 is 3.28. The Hall–Kier alpha value is -2.71. The van der Waals surface area contributed by atoms with Gasteiger partial charge in [0.1, 0.15) is 11.4 Å². The molecule has 0 spiro atoms. The Kier molecular flexibility index (Phi) is 7.05. The summed E-state index contributed by atoms with van der Waals surface area (Å²) in [6.07, 6.45) is 0. The monoisotopic (exact) mass is 516 g/mol. The van der Waals surface area contributed by atoms with Crippen molar-refractivity contribution in [1.82, 2.24) is 4.57 Å². The summed E-state index contributed by atoms with van der Waals surface area (Å²) in [5.74, 6) is -0.0389. The van der Waals surface area contributed by atoms with Gasteiger partial charge in [0.05, 0.1) is 4.90 Å². The van der Waals surface area contributed by atoms with Gasteiger partial charge in [0, 0.05) is 15.9 Å². The highest BCUT2D eigenvalue weighted by Crippen LogP contribution is 2.23. The van der Waals surface area contributed by atoms with Crippen molar-refractivity contribution < 1.29 is 13.2 Å². The average Bonchev–Trinajstić information content (AvgIpc) is 2.71. The Morgan fingerprint density at radius 3 is 2.19 bits per heavy atom. The molecule has 32 heavy (non-hydrogen) atoms. The van der Waals surface area contributed by atoms with Gasteiger partial charge in [-0.15, -0.1) is 0 Å². The van der Waals surface area contributed by atoms with Crippen LogP contribution in [0.2, 0.25) is 0 Å². The molecule has 168 valence electrons. The summed E-state index contributed by atoms with van der Waals surface area (Å²) in [5, 5.41) is 2.77. The van der Waals surface area contributed by atoms with Gasteiger partial charge in [-0.1, -0.05) is 41.9 Å². The SMILES string of the molecule is Cc1cc(C)n(CC(=O)Nc2ccc(C(C)C)cc2)c(=O)c1S(=O)(=O)c1ccc(Br)cc1.